The van der Waals surface area contributed by atoms with Crippen molar-refractivity contribution in [1.82, 2.24) is 10.3 Å². The van der Waals surface area contributed by atoms with E-state index in [1.165, 1.54) is 6.26 Å². The molecule has 3 N–H and O–H groups in total. The standard InChI is InChI=1S/C27H41ClN2O6/c1-7-18-24(33)15(2)9-8-10-27(6)22(36-27)12-20(19(28)11-17-14-35-16(3)29-17)30-23(32)13-21(31)26(4,5)25(18)34/h11,14-15,18,20-22,24,31,33H,7-10,12-13H2,1-6H3,(H,30,32)/t15?,18-,20+,21+,22?,24+,27?/m1/s1. The van der Waals surface area contributed by atoms with Crippen LogP contribution in [0.4, 0.5) is 0 Å². The largest absolute Gasteiger partial charge is 0.449 e. The third-order valence-electron chi connectivity index (χ3n) is 8.03. The number of nitrogens with one attached hydrogen (secondary N) is 1. The molecule has 9 heteroatoms. The number of ketones is 1. The van der Waals surface area contributed by atoms with Gasteiger partial charge in [0.1, 0.15) is 17.7 Å². The monoisotopic (exact) mass is 524 g/mol. The number of amides is 1. The van der Waals surface area contributed by atoms with Gasteiger partial charge in [-0.15, -0.1) is 0 Å². The molecule has 7 atom stereocenters. The van der Waals surface area contributed by atoms with Gasteiger partial charge in [0, 0.05) is 24.3 Å². The van der Waals surface area contributed by atoms with E-state index in [0.717, 1.165) is 19.3 Å². The highest BCUT2D eigenvalue weighted by molar-refractivity contribution is 6.32. The van der Waals surface area contributed by atoms with Crippen molar-refractivity contribution in [3.63, 3.8) is 0 Å². The van der Waals surface area contributed by atoms with E-state index in [1.54, 1.807) is 26.8 Å². The first-order chi connectivity index (χ1) is 16.8. The lowest BCUT2D eigenvalue weighted by atomic mass is 9.71. The molecule has 3 unspecified atom stereocenters. The SMILES string of the molecule is CC[C@H]1C(=O)C(C)(C)[C@@H](O)CC(=O)N[C@H](C(Cl)=Cc2coc(C)n2)CC2OC2(C)CCCC(C)[C@@H]1O. The van der Waals surface area contributed by atoms with Crippen molar-refractivity contribution in [1.29, 1.82) is 0 Å². The molecule has 3 heterocycles. The van der Waals surface area contributed by atoms with Crippen LogP contribution in [-0.2, 0) is 14.3 Å². The van der Waals surface area contributed by atoms with Crippen molar-refractivity contribution < 1.29 is 29.0 Å². The van der Waals surface area contributed by atoms with Gasteiger partial charge in [0.2, 0.25) is 5.91 Å². The summed E-state index contributed by atoms with van der Waals surface area (Å²) in [4.78, 5) is 30.7. The van der Waals surface area contributed by atoms with Crippen molar-refractivity contribution in [3.05, 3.63) is 22.9 Å². The third kappa shape index (κ3) is 6.57. The predicted octanol–water partition coefficient (Wildman–Crippen LogP) is 4.15. The molecule has 0 aromatic carbocycles. The number of carbonyl (C=O) groups is 2. The van der Waals surface area contributed by atoms with E-state index in [2.05, 4.69) is 10.3 Å². The maximum atomic E-state index is 13.4. The van der Waals surface area contributed by atoms with E-state index in [4.69, 9.17) is 20.8 Å². The van der Waals surface area contributed by atoms with E-state index in [1.807, 2.05) is 20.8 Å². The first kappa shape index (κ1) is 28.8. The number of Topliss-reactive ketones (excluding diaryl/α,β-unsaturated/α-hetero) is 1. The Morgan fingerprint density at radius 2 is 2.00 bits per heavy atom. The fourth-order valence-corrected chi connectivity index (χ4v) is 5.46. The highest BCUT2D eigenvalue weighted by Crippen LogP contribution is 2.45. The molecule has 1 aromatic heterocycles. The molecule has 3 rings (SSSR count). The molecule has 1 aromatic rings. The van der Waals surface area contributed by atoms with E-state index in [9.17, 15) is 19.8 Å². The summed E-state index contributed by atoms with van der Waals surface area (Å²) in [5.41, 5.74) is -1.00. The number of rotatable bonds is 3. The van der Waals surface area contributed by atoms with Gasteiger partial charge < -0.3 is 24.7 Å². The summed E-state index contributed by atoms with van der Waals surface area (Å²) in [5, 5.41) is 25.3. The Balaban J connectivity index is 1.87. The number of fused-ring (bicyclic) bond motifs is 1. The minimum absolute atomic E-state index is 0.0834. The molecule has 8 nitrogen and oxygen atoms in total. The molecule has 0 aliphatic carbocycles. The van der Waals surface area contributed by atoms with Crippen LogP contribution >= 0.6 is 11.6 Å². The fourth-order valence-electron chi connectivity index (χ4n) is 5.20. The average Bonchev–Trinajstić information content (AvgIpc) is 3.24. The molecule has 1 amide bonds. The highest BCUT2D eigenvalue weighted by Gasteiger charge is 2.52. The van der Waals surface area contributed by atoms with Gasteiger partial charge in [0.05, 0.1) is 41.8 Å². The summed E-state index contributed by atoms with van der Waals surface area (Å²) >= 11 is 6.65. The molecule has 2 aliphatic rings. The average molecular weight is 525 g/mol. The molecule has 2 saturated heterocycles. The second-order valence-electron chi connectivity index (χ2n) is 11.3. The number of carbonyl (C=O) groups excluding carboxylic acids is 2. The Kier molecular flexibility index (Phi) is 9.08. The molecular weight excluding hydrogens is 484 g/mol. The Bertz CT molecular complexity index is 975. The van der Waals surface area contributed by atoms with Gasteiger partial charge in [-0.3, -0.25) is 9.59 Å². The number of hydrogen-bond acceptors (Lipinski definition) is 7. The summed E-state index contributed by atoms with van der Waals surface area (Å²) < 4.78 is 11.3. The lowest BCUT2D eigenvalue weighted by Crippen LogP contribution is -2.48. The van der Waals surface area contributed by atoms with Crippen LogP contribution in [0.3, 0.4) is 0 Å². The lowest BCUT2D eigenvalue weighted by Gasteiger charge is -2.35. The highest BCUT2D eigenvalue weighted by atomic mass is 35.5. The summed E-state index contributed by atoms with van der Waals surface area (Å²) in [6.07, 6.45) is 4.05. The summed E-state index contributed by atoms with van der Waals surface area (Å²) in [6, 6.07) is -0.550. The van der Waals surface area contributed by atoms with Gasteiger partial charge >= 0.3 is 0 Å². The van der Waals surface area contributed by atoms with Crippen molar-refractivity contribution in [2.45, 2.75) is 110 Å². The van der Waals surface area contributed by atoms with Crippen molar-refractivity contribution in [3.8, 4) is 0 Å². The van der Waals surface area contributed by atoms with E-state index >= 15 is 0 Å². The number of epoxide rings is 1. The molecule has 0 bridgehead atoms. The first-order valence-electron chi connectivity index (χ1n) is 12.9. The Morgan fingerprint density at radius 3 is 2.61 bits per heavy atom. The number of aryl methyl sites for hydroxylation is 1. The van der Waals surface area contributed by atoms with Crippen LogP contribution in [0.25, 0.3) is 6.08 Å². The van der Waals surface area contributed by atoms with Crippen LogP contribution in [0.2, 0.25) is 0 Å². The zero-order valence-corrected chi connectivity index (χ0v) is 23.0. The number of ether oxygens (including phenoxy) is 1. The van der Waals surface area contributed by atoms with Crippen LogP contribution in [0.15, 0.2) is 15.7 Å². The second kappa shape index (κ2) is 11.3. The van der Waals surface area contributed by atoms with E-state index in [0.29, 0.717) is 29.5 Å². The van der Waals surface area contributed by atoms with Gasteiger partial charge in [-0.2, -0.15) is 0 Å². The molecular formula is C27H41ClN2O6. The number of aliphatic hydroxyl groups is 2. The van der Waals surface area contributed by atoms with Gasteiger partial charge in [0.25, 0.3) is 0 Å². The van der Waals surface area contributed by atoms with Crippen LogP contribution in [0.1, 0.15) is 84.7 Å². The van der Waals surface area contributed by atoms with Crippen LogP contribution in [0.5, 0.6) is 0 Å². The van der Waals surface area contributed by atoms with Crippen LogP contribution in [0, 0.1) is 24.2 Å². The maximum absolute atomic E-state index is 13.4. The Labute approximate surface area is 218 Å². The predicted molar refractivity (Wildman–Crippen MR) is 137 cm³/mol. The molecule has 202 valence electrons. The quantitative estimate of drug-likeness (QED) is 0.507. The number of aromatic nitrogens is 1. The van der Waals surface area contributed by atoms with Gasteiger partial charge in [-0.1, -0.05) is 45.7 Å². The fraction of sp³-hybridized carbons (Fsp3) is 0.741. The molecule has 0 saturated carbocycles. The summed E-state index contributed by atoms with van der Waals surface area (Å²) in [6.45, 7) is 10.9. The number of nitrogens with zero attached hydrogens (tertiary/aromatic N) is 1. The van der Waals surface area contributed by atoms with Crippen molar-refractivity contribution in [2.75, 3.05) is 0 Å². The topological polar surface area (TPSA) is 125 Å². The first-order valence-corrected chi connectivity index (χ1v) is 13.3. The lowest BCUT2D eigenvalue weighted by molar-refractivity contribution is -0.144. The van der Waals surface area contributed by atoms with Gasteiger partial charge in [-0.25, -0.2) is 4.98 Å². The minimum atomic E-state index is -1.22. The van der Waals surface area contributed by atoms with Gasteiger partial charge in [-0.05, 0) is 38.2 Å². The number of aliphatic hydroxyl groups excluding tert-OH is 2. The minimum Gasteiger partial charge on any atom is -0.449 e. The zero-order valence-electron chi connectivity index (χ0n) is 22.2. The maximum Gasteiger partial charge on any atom is 0.223 e. The Hall–Kier alpha value is -1.74. The molecule has 36 heavy (non-hydrogen) atoms. The summed E-state index contributed by atoms with van der Waals surface area (Å²) in [7, 11) is 0. The number of oxazole rings is 1. The summed E-state index contributed by atoms with van der Waals surface area (Å²) in [5.74, 6) is -0.847. The molecule has 2 fully saturated rings. The zero-order chi connectivity index (χ0) is 26.8. The van der Waals surface area contributed by atoms with Crippen LogP contribution in [-0.4, -0.2) is 56.8 Å². The van der Waals surface area contributed by atoms with Crippen LogP contribution < -0.4 is 5.32 Å². The van der Waals surface area contributed by atoms with Crippen molar-refractivity contribution >= 4 is 29.4 Å². The van der Waals surface area contributed by atoms with E-state index in [-0.39, 0.29) is 29.8 Å². The second-order valence-corrected chi connectivity index (χ2v) is 11.7. The molecule has 2 aliphatic heterocycles. The smallest absolute Gasteiger partial charge is 0.223 e. The number of halogens is 1. The normalized spacial score (nSPS) is 36.8. The van der Waals surface area contributed by atoms with Gasteiger partial charge in [0.15, 0.2) is 5.89 Å². The molecule has 0 spiro atoms. The molecule has 0 radical (unpaired) electrons. The third-order valence-corrected chi connectivity index (χ3v) is 8.40. The number of hydrogen-bond donors (Lipinski definition) is 3. The Morgan fingerprint density at radius 1 is 1.31 bits per heavy atom. The van der Waals surface area contributed by atoms with Crippen molar-refractivity contribution in [2.24, 2.45) is 17.3 Å². The van der Waals surface area contributed by atoms with E-state index < -0.39 is 35.5 Å².